The Kier molecular flexibility index (Phi) is 3.26. The molecule has 0 unspecified atom stereocenters. The van der Waals surface area contributed by atoms with Crippen LogP contribution < -0.4 is 11.1 Å². The average molecular weight is 274 g/mol. The van der Waals surface area contributed by atoms with E-state index < -0.39 is 5.82 Å². The SMILES string of the molecule is Nc1nc(Cl)nc(Nc2ccc(Cl)c(F)c2)n1. The number of nitrogens with zero attached hydrogens (tertiary/aromatic N) is 3. The van der Waals surface area contributed by atoms with Crippen molar-refractivity contribution in [2.75, 3.05) is 11.1 Å². The van der Waals surface area contributed by atoms with E-state index in [9.17, 15) is 4.39 Å². The number of nitrogen functional groups attached to an aromatic ring is 1. The summed E-state index contributed by atoms with van der Waals surface area (Å²) in [5, 5.41) is 2.71. The minimum absolute atomic E-state index is 0.0260. The van der Waals surface area contributed by atoms with Crippen LogP contribution in [0.1, 0.15) is 0 Å². The number of hydrogen-bond donors (Lipinski definition) is 2. The minimum atomic E-state index is -0.551. The van der Waals surface area contributed by atoms with Gasteiger partial charge in [0.15, 0.2) is 0 Å². The lowest BCUT2D eigenvalue weighted by Crippen LogP contribution is -2.03. The maximum Gasteiger partial charge on any atom is 0.233 e. The minimum Gasteiger partial charge on any atom is -0.368 e. The fourth-order valence-corrected chi connectivity index (χ4v) is 1.41. The van der Waals surface area contributed by atoms with Gasteiger partial charge in [-0.25, -0.2) is 4.39 Å². The van der Waals surface area contributed by atoms with Gasteiger partial charge >= 0.3 is 0 Å². The maximum absolute atomic E-state index is 13.2. The van der Waals surface area contributed by atoms with E-state index in [1.807, 2.05) is 0 Å². The highest BCUT2D eigenvalue weighted by Crippen LogP contribution is 2.21. The summed E-state index contributed by atoms with van der Waals surface area (Å²) in [7, 11) is 0. The van der Waals surface area contributed by atoms with Gasteiger partial charge in [0.05, 0.1) is 5.02 Å². The number of halogens is 3. The molecule has 0 aliphatic rings. The van der Waals surface area contributed by atoms with Crippen LogP contribution >= 0.6 is 23.2 Å². The number of hydrogen-bond acceptors (Lipinski definition) is 5. The summed E-state index contributed by atoms with van der Waals surface area (Å²) < 4.78 is 13.2. The number of nitrogens with two attached hydrogens (primary N) is 1. The molecule has 0 amide bonds. The van der Waals surface area contributed by atoms with Gasteiger partial charge in [0.2, 0.25) is 17.2 Å². The third-order valence-corrected chi connectivity index (χ3v) is 2.28. The molecule has 1 heterocycles. The molecule has 0 aliphatic heterocycles. The first-order valence-corrected chi connectivity index (χ1v) is 5.19. The topological polar surface area (TPSA) is 76.7 Å². The van der Waals surface area contributed by atoms with Crippen LogP contribution in [0.3, 0.4) is 0 Å². The lowest BCUT2D eigenvalue weighted by Gasteiger charge is -2.05. The Morgan fingerprint density at radius 1 is 1.18 bits per heavy atom. The summed E-state index contributed by atoms with van der Waals surface area (Å²) in [6, 6.07) is 4.18. The molecule has 5 nitrogen and oxygen atoms in total. The Balaban J connectivity index is 2.28. The number of aromatic nitrogens is 3. The van der Waals surface area contributed by atoms with Gasteiger partial charge in [0, 0.05) is 5.69 Å². The molecule has 0 spiro atoms. The van der Waals surface area contributed by atoms with Crippen molar-refractivity contribution in [2.45, 2.75) is 0 Å². The first-order chi connectivity index (χ1) is 8.04. The van der Waals surface area contributed by atoms with Crippen molar-refractivity contribution >= 4 is 40.8 Å². The van der Waals surface area contributed by atoms with E-state index in [0.29, 0.717) is 5.69 Å². The number of anilines is 3. The Morgan fingerprint density at radius 2 is 1.94 bits per heavy atom. The van der Waals surface area contributed by atoms with Crippen LogP contribution in [0.15, 0.2) is 18.2 Å². The predicted octanol–water partition coefficient (Wildman–Crippen LogP) is 2.64. The van der Waals surface area contributed by atoms with Gasteiger partial charge < -0.3 is 11.1 Å². The van der Waals surface area contributed by atoms with Crippen LogP contribution in [0, 0.1) is 5.82 Å². The summed E-state index contributed by atoms with van der Waals surface area (Å²) in [6.45, 7) is 0. The van der Waals surface area contributed by atoms with Crippen molar-refractivity contribution in [1.29, 1.82) is 0 Å². The molecule has 17 heavy (non-hydrogen) atoms. The highest BCUT2D eigenvalue weighted by atomic mass is 35.5. The highest BCUT2D eigenvalue weighted by molar-refractivity contribution is 6.30. The first kappa shape index (κ1) is 11.8. The zero-order chi connectivity index (χ0) is 12.4. The second-order valence-corrected chi connectivity index (χ2v) is 3.79. The van der Waals surface area contributed by atoms with Crippen molar-refractivity contribution in [3.63, 3.8) is 0 Å². The number of rotatable bonds is 2. The second kappa shape index (κ2) is 4.68. The highest BCUT2D eigenvalue weighted by Gasteiger charge is 2.05. The molecule has 0 atom stereocenters. The Labute approximate surface area is 106 Å². The molecule has 88 valence electrons. The fraction of sp³-hybridized carbons (Fsp3) is 0. The van der Waals surface area contributed by atoms with E-state index in [0.717, 1.165) is 0 Å². The molecule has 1 aromatic heterocycles. The van der Waals surface area contributed by atoms with E-state index in [4.69, 9.17) is 28.9 Å². The third kappa shape index (κ3) is 2.92. The van der Waals surface area contributed by atoms with Crippen LogP contribution in [0.25, 0.3) is 0 Å². The zero-order valence-corrected chi connectivity index (χ0v) is 9.80. The lowest BCUT2D eigenvalue weighted by molar-refractivity contribution is 0.629. The zero-order valence-electron chi connectivity index (χ0n) is 8.28. The van der Waals surface area contributed by atoms with Gasteiger partial charge in [-0.3, -0.25) is 0 Å². The molecule has 1 aromatic carbocycles. The predicted molar refractivity (Wildman–Crippen MR) is 63.9 cm³/mol. The molecule has 0 saturated heterocycles. The smallest absolute Gasteiger partial charge is 0.233 e. The van der Waals surface area contributed by atoms with E-state index >= 15 is 0 Å². The van der Waals surface area contributed by atoms with Gasteiger partial charge in [0.1, 0.15) is 5.82 Å². The van der Waals surface area contributed by atoms with Crippen LogP contribution in [0.4, 0.5) is 22.0 Å². The molecule has 3 N–H and O–H groups in total. The van der Waals surface area contributed by atoms with Crippen molar-refractivity contribution < 1.29 is 4.39 Å². The monoisotopic (exact) mass is 273 g/mol. The Bertz CT molecular complexity index is 543. The Hall–Kier alpha value is -1.66. The molecule has 0 aliphatic carbocycles. The van der Waals surface area contributed by atoms with Gasteiger partial charge in [-0.05, 0) is 29.8 Å². The van der Waals surface area contributed by atoms with Crippen molar-refractivity contribution in [2.24, 2.45) is 0 Å². The number of nitrogens with one attached hydrogen (secondary N) is 1. The standard InChI is InChI=1S/C9H6Cl2FN5/c10-5-2-1-4(3-6(5)12)14-9-16-7(11)15-8(13)17-9/h1-3H,(H3,13,14,15,16,17). The summed E-state index contributed by atoms with van der Waals surface area (Å²) >= 11 is 11.1. The molecular weight excluding hydrogens is 268 g/mol. The van der Waals surface area contributed by atoms with E-state index in [1.54, 1.807) is 6.07 Å². The number of benzene rings is 1. The molecule has 0 fully saturated rings. The van der Waals surface area contributed by atoms with Crippen LogP contribution in [0.2, 0.25) is 10.3 Å². The first-order valence-electron chi connectivity index (χ1n) is 4.44. The van der Waals surface area contributed by atoms with Gasteiger partial charge in [0.25, 0.3) is 0 Å². The normalized spacial score (nSPS) is 10.3. The summed E-state index contributed by atoms with van der Waals surface area (Å²) in [6.07, 6.45) is 0. The summed E-state index contributed by atoms with van der Waals surface area (Å²) in [5.41, 5.74) is 5.81. The molecule has 0 radical (unpaired) electrons. The van der Waals surface area contributed by atoms with Crippen LogP contribution in [-0.4, -0.2) is 15.0 Å². The van der Waals surface area contributed by atoms with E-state index in [2.05, 4.69) is 20.3 Å². The molecule has 0 bridgehead atoms. The van der Waals surface area contributed by atoms with Crippen LogP contribution in [0.5, 0.6) is 0 Å². The molecule has 2 rings (SSSR count). The molecule has 0 saturated carbocycles. The van der Waals surface area contributed by atoms with Gasteiger partial charge in [-0.1, -0.05) is 11.6 Å². The molecular formula is C9H6Cl2FN5. The molecule has 8 heteroatoms. The average Bonchev–Trinajstić information content (AvgIpc) is 2.22. The van der Waals surface area contributed by atoms with E-state index in [1.165, 1.54) is 12.1 Å². The van der Waals surface area contributed by atoms with Gasteiger partial charge in [-0.2, -0.15) is 15.0 Å². The maximum atomic E-state index is 13.2. The fourth-order valence-electron chi connectivity index (χ4n) is 1.12. The largest absolute Gasteiger partial charge is 0.368 e. The lowest BCUT2D eigenvalue weighted by atomic mass is 10.3. The van der Waals surface area contributed by atoms with Gasteiger partial charge in [-0.15, -0.1) is 0 Å². The van der Waals surface area contributed by atoms with Crippen molar-refractivity contribution in [3.05, 3.63) is 34.3 Å². The van der Waals surface area contributed by atoms with Crippen molar-refractivity contribution in [3.8, 4) is 0 Å². The van der Waals surface area contributed by atoms with Crippen LogP contribution in [-0.2, 0) is 0 Å². The van der Waals surface area contributed by atoms with E-state index in [-0.39, 0.29) is 22.2 Å². The summed E-state index contributed by atoms with van der Waals surface area (Å²) in [5.74, 6) is -0.448. The van der Waals surface area contributed by atoms with Crippen molar-refractivity contribution in [1.82, 2.24) is 15.0 Å². The summed E-state index contributed by atoms with van der Waals surface area (Å²) in [4.78, 5) is 11.2. The Morgan fingerprint density at radius 3 is 2.59 bits per heavy atom. The molecule has 2 aromatic rings. The second-order valence-electron chi connectivity index (χ2n) is 3.04. The third-order valence-electron chi connectivity index (χ3n) is 1.80. The quantitative estimate of drug-likeness (QED) is 0.880.